The van der Waals surface area contributed by atoms with E-state index in [4.69, 9.17) is 10.5 Å². The fraction of sp³-hybridized carbons (Fsp3) is 0.200. The molecular formula is C10H13NO. The standard InChI is InChI=1S/C7H8O.C3H5N/c1-8-7-5-3-2-4-6-7;1-2-3-4/h2-6H,1H3;1H,3-4H2. The van der Waals surface area contributed by atoms with Crippen LogP contribution in [0.3, 0.4) is 0 Å². The molecule has 2 nitrogen and oxygen atoms in total. The summed E-state index contributed by atoms with van der Waals surface area (Å²) in [5.74, 6) is 3.12. The van der Waals surface area contributed by atoms with E-state index >= 15 is 0 Å². The van der Waals surface area contributed by atoms with Crippen LogP contribution >= 0.6 is 0 Å². The van der Waals surface area contributed by atoms with E-state index in [0.717, 1.165) is 5.75 Å². The predicted octanol–water partition coefficient (Wildman–Crippen LogP) is 1.27. The maximum absolute atomic E-state index is 4.91. The number of nitrogens with two attached hydrogens (primary N) is 1. The van der Waals surface area contributed by atoms with Crippen molar-refractivity contribution in [3.63, 3.8) is 0 Å². The van der Waals surface area contributed by atoms with Crippen molar-refractivity contribution in [1.82, 2.24) is 0 Å². The van der Waals surface area contributed by atoms with Crippen molar-refractivity contribution in [2.24, 2.45) is 5.73 Å². The molecule has 0 bridgehead atoms. The second-order valence-corrected chi connectivity index (χ2v) is 1.93. The first-order chi connectivity index (χ1) is 5.85. The Hall–Kier alpha value is -1.46. The average Bonchev–Trinajstić information content (AvgIpc) is 2.19. The Balaban J connectivity index is 0.000000261. The summed E-state index contributed by atoms with van der Waals surface area (Å²) in [4.78, 5) is 0. The second-order valence-electron chi connectivity index (χ2n) is 1.93. The summed E-state index contributed by atoms with van der Waals surface area (Å²) in [5, 5.41) is 0. The van der Waals surface area contributed by atoms with Gasteiger partial charge in [-0.15, -0.1) is 6.42 Å². The van der Waals surface area contributed by atoms with E-state index < -0.39 is 0 Å². The Morgan fingerprint density at radius 1 is 1.42 bits per heavy atom. The number of terminal acetylenes is 1. The van der Waals surface area contributed by atoms with Crippen LogP contribution in [0.4, 0.5) is 0 Å². The topological polar surface area (TPSA) is 35.2 Å². The van der Waals surface area contributed by atoms with E-state index in [9.17, 15) is 0 Å². The van der Waals surface area contributed by atoms with Crippen molar-refractivity contribution < 1.29 is 4.74 Å². The quantitative estimate of drug-likeness (QED) is 0.633. The van der Waals surface area contributed by atoms with Gasteiger partial charge in [-0.2, -0.15) is 0 Å². The Kier molecular flexibility index (Phi) is 6.71. The third-order valence-corrected chi connectivity index (χ3v) is 1.10. The number of ether oxygens (including phenoxy) is 1. The van der Waals surface area contributed by atoms with Crippen LogP contribution in [0.1, 0.15) is 0 Å². The summed E-state index contributed by atoms with van der Waals surface area (Å²) < 4.78 is 4.91. The third kappa shape index (κ3) is 5.33. The zero-order valence-electron chi connectivity index (χ0n) is 7.16. The zero-order valence-corrected chi connectivity index (χ0v) is 7.16. The van der Waals surface area contributed by atoms with E-state index in [0.29, 0.717) is 6.54 Å². The Morgan fingerprint density at radius 2 is 1.92 bits per heavy atom. The zero-order chi connectivity index (χ0) is 9.23. The van der Waals surface area contributed by atoms with Gasteiger partial charge in [-0.05, 0) is 12.1 Å². The molecular weight excluding hydrogens is 150 g/mol. The summed E-state index contributed by atoms with van der Waals surface area (Å²) in [5.41, 5.74) is 4.79. The molecule has 0 saturated carbocycles. The van der Waals surface area contributed by atoms with Gasteiger partial charge in [0.25, 0.3) is 0 Å². The molecule has 0 heterocycles. The van der Waals surface area contributed by atoms with Crippen LogP contribution in [-0.4, -0.2) is 13.7 Å². The number of methoxy groups -OCH3 is 1. The number of benzene rings is 1. The van der Waals surface area contributed by atoms with Gasteiger partial charge >= 0.3 is 0 Å². The summed E-state index contributed by atoms with van der Waals surface area (Å²) in [6.45, 7) is 0.347. The van der Waals surface area contributed by atoms with Gasteiger partial charge in [-0.25, -0.2) is 0 Å². The van der Waals surface area contributed by atoms with Gasteiger partial charge in [-0.1, -0.05) is 24.1 Å². The van der Waals surface area contributed by atoms with Crippen molar-refractivity contribution >= 4 is 0 Å². The van der Waals surface area contributed by atoms with Gasteiger partial charge in [0, 0.05) is 0 Å². The van der Waals surface area contributed by atoms with Gasteiger partial charge in [0.15, 0.2) is 0 Å². The molecule has 0 aliphatic heterocycles. The van der Waals surface area contributed by atoms with Crippen molar-refractivity contribution in [2.45, 2.75) is 0 Å². The number of para-hydroxylation sites is 1. The van der Waals surface area contributed by atoms with Gasteiger partial charge in [-0.3, -0.25) is 0 Å². The highest BCUT2D eigenvalue weighted by atomic mass is 16.5. The van der Waals surface area contributed by atoms with Crippen molar-refractivity contribution in [3.8, 4) is 18.1 Å². The Labute approximate surface area is 73.3 Å². The molecule has 1 aromatic rings. The minimum absolute atomic E-state index is 0.347. The van der Waals surface area contributed by atoms with Crippen LogP contribution in [0.2, 0.25) is 0 Å². The first-order valence-electron chi connectivity index (χ1n) is 3.57. The number of hydrogen-bond acceptors (Lipinski definition) is 2. The average molecular weight is 163 g/mol. The number of hydrogen-bond donors (Lipinski definition) is 1. The monoisotopic (exact) mass is 163 g/mol. The maximum Gasteiger partial charge on any atom is 0.118 e. The fourth-order valence-electron chi connectivity index (χ4n) is 0.557. The SMILES string of the molecule is C#CCN.COc1ccccc1. The van der Waals surface area contributed by atoms with Crippen molar-refractivity contribution in [3.05, 3.63) is 30.3 Å². The molecule has 2 heteroatoms. The molecule has 0 amide bonds. The summed E-state index contributed by atoms with van der Waals surface area (Å²) >= 11 is 0. The van der Waals surface area contributed by atoms with E-state index in [1.165, 1.54) is 0 Å². The van der Waals surface area contributed by atoms with Crippen LogP contribution < -0.4 is 10.5 Å². The van der Waals surface area contributed by atoms with Gasteiger partial charge in [0.2, 0.25) is 0 Å². The predicted molar refractivity (Wildman–Crippen MR) is 50.9 cm³/mol. The van der Waals surface area contributed by atoms with Gasteiger partial charge < -0.3 is 10.5 Å². The molecule has 1 aromatic carbocycles. The van der Waals surface area contributed by atoms with Crippen molar-refractivity contribution in [2.75, 3.05) is 13.7 Å². The Morgan fingerprint density at radius 3 is 2.17 bits per heavy atom. The highest BCUT2D eigenvalue weighted by Gasteiger charge is 1.80. The second kappa shape index (κ2) is 7.64. The molecule has 1 rings (SSSR count). The first kappa shape index (κ1) is 10.5. The molecule has 0 spiro atoms. The largest absolute Gasteiger partial charge is 0.497 e. The molecule has 0 aliphatic carbocycles. The summed E-state index contributed by atoms with van der Waals surface area (Å²) in [6, 6.07) is 9.68. The molecule has 0 radical (unpaired) electrons. The smallest absolute Gasteiger partial charge is 0.118 e. The normalized spacial score (nSPS) is 7.42. The van der Waals surface area contributed by atoms with Crippen LogP contribution in [0, 0.1) is 12.3 Å². The molecule has 0 atom stereocenters. The van der Waals surface area contributed by atoms with E-state index in [1.807, 2.05) is 30.3 Å². The molecule has 0 fully saturated rings. The minimum atomic E-state index is 0.347. The van der Waals surface area contributed by atoms with Gasteiger partial charge in [0.05, 0.1) is 13.7 Å². The first-order valence-corrected chi connectivity index (χ1v) is 3.57. The lowest BCUT2D eigenvalue weighted by Gasteiger charge is -1.93. The lowest BCUT2D eigenvalue weighted by molar-refractivity contribution is 0.415. The van der Waals surface area contributed by atoms with Crippen LogP contribution in [-0.2, 0) is 0 Å². The van der Waals surface area contributed by atoms with Crippen molar-refractivity contribution in [1.29, 1.82) is 0 Å². The summed E-state index contributed by atoms with van der Waals surface area (Å²) in [7, 11) is 1.66. The maximum atomic E-state index is 4.91. The van der Waals surface area contributed by atoms with E-state index in [2.05, 4.69) is 12.3 Å². The third-order valence-electron chi connectivity index (χ3n) is 1.10. The molecule has 0 unspecified atom stereocenters. The van der Waals surface area contributed by atoms with E-state index in [-0.39, 0.29) is 0 Å². The van der Waals surface area contributed by atoms with Crippen LogP contribution in [0.15, 0.2) is 30.3 Å². The highest BCUT2D eigenvalue weighted by molar-refractivity contribution is 5.20. The molecule has 64 valence electrons. The lowest BCUT2D eigenvalue weighted by Crippen LogP contribution is -1.91. The van der Waals surface area contributed by atoms with Crippen LogP contribution in [0.25, 0.3) is 0 Å². The summed E-state index contributed by atoms with van der Waals surface area (Å²) in [6.07, 6.45) is 4.65. The van der Waals surface area contributed by atoms with Gasteiger partial charge in [0.1, 0.15) is 5.75 Å². The Bertz CT molecular complexity index is 225. The molecule has 0 saturated heterocycles. The fourth-order valence-corrected chi connectivity index (χ4v) is 0.557. The van der Waals surface area contributed by atoms with Crippen LogP contribution in [0.5, 0.6) is 5.75 Å². The highest BCUT2D eigenvalue weighted by Crippen LogP contribution is 2.05. The number of rotatable bonds is 1. The van der Waals surface area contributed by atoms with E-state index in [1.54, 1.807) is 7.11 Å². The molecule has 0 aromatic heterocycles. The molecule has 0 aliphatic rings. The molecule has 2 N–H and O–H groups in total. The lowest BCUT2D eigenvalue weighted by atomic mass is 10.3. The molecule has 12 heavy (non-hydrogen) atoms. The minimum Gasteiger partial charge on any atom is -0.497 e.